The topological polar surface area (TPSA) is 53.1 Å². The molecule has 0 aliphatic rings. The molecule has 1 unspecified atom stereocenters. The largest absolute Gasteiger partial charge is 0.377 e. The second-order valence-corrected chi connectivity index (χ2v) is 4.80. The number of para-hydroxylation sites is 2. The maximum atomic E-state index is 6.17. The summed E-state index contributed by atoms with van der Waals surface area (Å²) in [4.78, 5) is 4.35. The molecule has 1 heterocycles. The minimum absolute atomic E-state index is 0.0786. The summed E-state index contributed by atoms with van der Waals surface area (Å²) in [5.74, 6) is 0. The van der Waals surface area contributed by atoms with Gasteiger partial charge in [-0.25, -0.2) is 4.98 Å². The van der Waals surface area contributed by atoms with Gasteiger partial charge in [0, 0.05) is 13.7 Å². The van der Waals surface area contributed by atoms with Crippen molar-refractivity contribution in [1.29, 1.82) is 0 Å². The Labute approximate surface area is 101 Å². The van der Waals surface area contributed by atoms with Gasteiger partial charge in [0.1, 0.15) is 0 Å². The average molecular weight is 233 g/mol. The van der Waals surface area contributed by atoms with Crippen LogP contribution in [0.1, 0.15) is 13.8 Å². The van der Waals surface area contributed by atoms with Crippen LogP contribution in [0.5, 0.6) is 0 Å². The molecule has 0 bridgehead atoms. The zero-order valence-corrected chi connectivity index (χ0v) is 10.6. The van der Waals surface area contributed by atoms with E-state index in [9.17, 15) is 0 Å². The van der Waals surface area contributed by atoms with Gasteiger partial charge in [0.15, 0.2) is 0 Å². The molecule has 2 N–H and O–H groups in total. The van der Waals surface area contributed by atoms with Crippen LogP contribution in [-0.4, -0.2) is 28.3 Å². The van der Waals surface area contributed by atoms with Crippen molar-refractivity contribution < 1.29 is 4.74 Å². The highest BCUT2D eigenvalue weighted by molar-refractivity contribution is 5.74. The van der Waals surface area contributed by atoms with E-state index in [4.69, 9.17) is 10.5 Å². The SMILES string of the molecule is COC(C)(C)C(N)Cn1cnc2ccccc21. The highest BCUT2D eigenvalue weighted by Gasteiger charge is 2.26. The predicted molar refractivity (Wildman–Crippen MR) is 68.8 cm³/mol. The first-order chi connectivity index (χ1) is 8.04. The van der Waals surface area contributed by atoms with E-state index in [1.807, 2.05) is 38.4 Å². The zero-order valence-electron chi connectivity index (χ0n) is 10.6. The average Bonchev–Trinajstić information content (AvgIpc) is 2.73. The lowest BCUT2D eigenvalue weighted by molar-refractivity contribution is -0.00334. The Morgan fingerprint density at radius 2 is 2.12 bits per heavy atom. The number of hydrogen-bond donors (Lipinski definition) is 1. The first-order valence-electron chi connectivity index (χ1n) is 5.75. The van der Waals surface area contributed by atoms with Crippen molar-refractivity contribution in [3.8, 4) is 0 Å². The summed E-state index contributed by atoms with van der Waals surface area (Å²) in [7, 11) is 1.69. The number of aromatic nitrogens is 2. The molecule has 2 rings (SSSR count). The Kier molecular flexibility index (Phi) is 3.17. The number of ether oxygens (including phenoxy) is 1. The third-order valence-corrected chi connectivity index (χ3v) is 3.34. The molecule has 0 radical (unpaired) electrons. The third-order valence-electron chi connectivity index (χ3n) is 3.34. The summed E-state index contributed by atoms with van der Waals surface area (Å²) in [6.07, 6.45) is 1.83. The molecule has 0 aliphatic heterocycles. The lowest BCUT2D eigenvalue weighted by atomic mass is 9.99. The number of benzene rings is 1. The van der Waals surface area contributed by atoms with Gasteiger partial charge in [0.25, 0.3) is 0 Å². The van der Waals surface area contributed by atoms with Crippen molar-refractivity contribution >= 4 is 11.0 Å². The molecule has 1 aromatic carbocycles. The van der Waals surface area contributed by atoms with Crippen LogP contribution >= 0.6 is 0 Å². The number of nitrogens with two attached hydrogens (primary N) is 1. The molecule has 1 aromatic heterocycles. The van der Waals surface area contributed by atoms with Gasteiger partial charge in [0.2, 0.25) is 0 Å². The maximum Gasteiger partial charge on any atom is 0.0958 e. The van der Waals surface area contributed by atoms with Crippen LogP contribution < -0.4 is 5.73 Å². The van der Waals surface area contributed by atoms with E-state index < -0.39 is 0 Å². The van der Waals surface area contributed by atoms with E-state index in [1.54, 1.807) is 7.11 Å². The Morgan fingerprint density at radius 3 is 2.82 bits per heavy atom. The molecular formula is C13H19N3O. The standard InChI is InChI=1S/C13H19N3O/c1-13(2,17-3)12(14)8-16-9-15-10-6-4-5-7-11(10)16/h4-7,9,12H,8,14H2,1-3H3. The van der Waals surface area contributed by atoms with Crippen molar-refractivity contribution in [3.63, 3.8) is 0 Å². The van der Waals surface area contributed by atoms with Crippen LogP contribution in [-0.2, 0) is 11.3 Å². The van der Waals surface area contributed by atoms with E-state index in [0.717, 1.165) is 11.0 Å². The summed E-state index contributed by atoms with van der Waals surface area (Å²) in [6.45, 7) is 4.69. The quantitative estimate of drug-likeness (QED) is 0.876. The molecule has 2 aromatic rings. The van der Waals surface area contributed by atoms with Crippen molar-refractivity contribution in [2.24, 2.45) is 5.73 Å². The fraction of sp³-hybridized carbons (Fsp3) is 0.462. The van der Waals surface area contributed by atoms with Gasteiger partial charge in [-0.05, 0) is 26.0 Å². The monoisotopic (exact) mass is 233 g/mol. The molecule has 92 valence electrons. The van der Waals surface area contributed by atoms with Crippen LogP contribution in [0.25, 0.3) is 11.0 Å². The number of fused-ring (bicyclic) bond motifs is 1. The van der Waals surface area contributed by atoms with E-state index in [0.29, 0.717) is 6.54 Å². The second kappa shape index (κ2) is 4.47. The van der Waals surface area contributed by atoms with E-state index >= 15 is 0 Å². The van der Waals surface area contributed by atoms with Crippen molar-refractivity contribution in [2.75, 3.05) is 7.11 Å². The van der Waals surface area contributed by atoms with E-state index in [-0.39, 0.29) is 11.6 Å². The third kappa shape index (κ3) is 2.33. The second-order valence-electron chi connectivity index (χ2n) is 4.80. The van der Waals surface area contributed by atoms with E-state index in [1.165, 1.54) is 0 Å². The molecule has 1 atom stereocenters. The Balaban J connectivity index is 2.24. The first-order valence-corrected chi connectivity index (χ1v) is 5.75. The fourth-order valence-electron chi connectivity index (χ4n) is 1.74. The maximum absolute atomic E-state index is 6.17. The molecule has 0 saturated carbocycles. The summed E-state index contributed by atoms with van der Waals surface area (Å²) >= 11 is 0. The van der Waals surface area contributed by atoms with Gasteiger partial charge in [0.05, 0.1) is 29.0 Å². The number of hydrogen-bond acceptors (Lipinski definition) is 3. The van der Waals surface area contributed by atoms with Gasteiger partial charge in [-0.3, -0.25) is 0 Å². The normalized spacial score (nSPS) is 14.1. The van der Waals surface area contributed by atoms with Crippen LogP contribution in [0.4, 0.5) is 0 Å². The number of methoxy groups -OCH3 is 1. The molecule has 4 nitrogen and oxygen atoms in total. The van der Waals surface area contributed by atoms with Gasteiger partial charge < -0.3 is 15.0 Å². The van der Waals surface area contributed by atoms with Gasteiger partial charge in [-0.1, -0.05) is 12.1 Å². The molecule has 0 fully saturated rings. The number of rotatable bonds is 4. The first kappa shape index (κ1) is 12.1. The van der Waals surface area contributed by atoms with Crippen LogP contribution in [0.2, 0.25) is 0 Å². The van der Waals surface area contributed by atoms with Crippen LogP contribution in [0, 0.1) is 0 Å². The molecule has 17 heavy (non-hydrogen) atoms. The Morgan fingerprint density at radius 1 is 1.41 bits per heavy atom. The Bertz CT molecular complexity index is 504. The number of imidazole rings is 1. The molecule has 0 amide bonds. The fourth-order valence-corrected chi connectivity index (χ4v) is 1.74. The van der Waals surface area contributed by atoms with Crippen molar-refractivity contribution in [3.05, 3.63) is 30.6 Å². The summed E-state index contributed by atoms with van der Waals surface area (Å²) in [5, 5.41) is 0. The molecule has 0 aliphatic carbocycles. The summed E-state index contributed by atoms with van der Waals surface area (Å²) in [6, 6.07) is 7.96. The highest BCUT2D eigenvalue weighted by Crippen LogP contribution is 2.17. The molecule has 0 spiro atoms. The van der Waals surface area contributed by atoms with Crippen LogP contribution in [0.3, 0.4) is 0 Å². The predicted octanol–water partition coefficient (Wildman–Crippen LogP) is 1.79. The van der Waals surface area contributed by atoms with E-state index in [2.05, 4.69) is 15.6 Å². The van der Waals surface area contributed by atoms with Gasteiger partial charge in [-0.2, -0.15) is 0 Å². The van der Waals surface area contributed by atoms with Gasteiger partial charge >= 0.3 is 0 Å². The minimum Gasteiger partial charge on any atom is -0.377 e. The van der Waals surface area contributed by atoms with Gasteiger partial charge in [-0.15, -0.1) is 0 Å². The molecule has 4 heteroatoms. The smallest absolute Gasteiger partial charge is 0.0958 e. The number of nitrogens with zero attached hydrogens (tertiary/aromatic N) is 2. The highest BCUT2D eigenvalue weighted by atomic mass is 16.5. The van der Waals surface area contributed by atoms with Crippen molar-refractivity contribution in [2.45, 2.75) is 32.0 Å². The summed E-state index contributed by atoms with van der Waals surface area (Å²) in [5.41, 5.74) is 7.93. The minimum atomic E-state index is -0.342. The lowest BCUT2D eigenvalue weighted by Crippen LogP contribution is -2.47. The zero-order chi connectivity index (χ0) is 12.5. The summed E-state index contributed by atoms with van der Waals surface area (Å²) < 4.78 is 7.47. The van der Waals surface area contributed by atoms with Crippen LogP contribution in [0.15, 0.2) is 30.6 Å². The van der Waals surface area contributed by atoms with Crippen molar-refractivity contribution in [1.82, 2.24) is 9.55 Å². The molecular weight excluding hydrogens is 214 g/mol. The molecule has 0 saturated heterocycles. The Hall–Kier alpha value is -1.39. The lowest BCUT2D eigenvalue weighted by Gasteiger charge is -2.30.